The van der Waals surface area contributed by atoms with E-state index in [2.05, 4.69) is 44.5 Å². The highest BCUT2D eigenvalue weighted by atomic mass is 35.5. The van der Waals surface area contributed by atoms with Gasteiger partial charge in [0.15, 0.2) is 0 Å². The maximum Gasteiger partial charge on any atom is 0.237 e. The molecule has 3 rings (SSSR count). The van der Waals surface area contributed by atoms with Crippen molar-refractivity contribution in [3.05, 3.63) is 87.9 Å². The lowest BCUT2D eigenvalue weighted by molar-refractivity contribution is -0.124. The minimum Gasteiger partial charge on any atom is -0.351 e. The van der Waals surface area contributed by atoms with Gasteiger partial charge >= 0.3 is 0 Å². The highest BCUT2D eigenvalue weighted by molar-refractivity contribution is 6.42. The second-order valence-corrected chi connectivity index (χ2v) is 8.96. The van der Waals surface area contributed by atoms with Crippen LogP contribution in [0.3, 0.4) is 0 Å². The topological polar surface area (TPSA) is 59.0 Å². The molecule has 0 saturated carbocycles. The molecule has 2 aromatic carbocycles. The molecule has 0 aliphatic carbocycles. The maximum absolute atomic E-state index is 12.8. The van der Waals surface area contributed by atoms with Gasteiger partial charge in [-0.3, -0.25) is 4.79 Å². The number of nitrogens with one attached hydrogen (secondary N) is 2. The first-order valence-corrected chi connectivity index (χ1v) is 11.7. The third kappa shape index (κ3) is 6.83. The smallest absolute Gasteiger partial charge is 0.237 e. The van der Waals surface area contributed by atoms with Crippen LogP contribution in [0.25, 0.3) is 0 Å². The Labute approximate surface area is 200 Å². The summed E-state index contributed by atoms with van der Waals surface area (Å²) in [5.74, 6) is 0.0986. The van der Waals surface area contributed by atoms with Crippen LogP contribution >= 0.6 is 23.2 Å². The quantitative estimate of drug-likeness (QED) is 0.416. The van der Waals surface area contributed by atoms with Crippen LogP contribution < -0.4 is 10.6 Å². The van der Waals surface area contributed by atoms with E-state index in [-0.39, 0.29) is 17.9 Å². The SMILES string of the molecule is CC(C)[C@H](NCCc1cncn1CCc1ccccc1)C(=O)NCc1cccc(Cl)c1Cl. The van der Waals surface area contributed by atoms with Crippen molar-refractivity contribution in [3.8, 4) is 0 Å². The summed E-state index contributed by atoms with van der Waals surface area (Å²) in [5.41, 5.74) is 3.26. The van der Waals surface area contributed by atoms with E-state index in [4.69, 9.17) is 23.2 Å². The second-order valence-electron chi connectivity index (χ2n) is 8.17. The molecule has 0 saturated heterocycles. The van der Waals surface area contributed by atoms with E-state index in [0.717, 1.165) is 30.6 Å². The predicted molar refractivity (Wildman–Crippen MR) is 131 cm³/mol. The molecule has 0 aliphatic rings. The number of hydrogen-bond acceptors (Lipinski definition) is 3. The third-order valence-electron chi connectivity index (χ3n) is 5.46. The number of hydrogen-bond donors (Lipinski definition) is 2. The summed E-state index contributed by atoms with van der Waals surface area (Å²) in [6.45, 7) is 5.98. The zero-order valence-corrected chi connectivity index (χ0v) is 20.0. The number of benzene rings is 2. The fourth-order valence-electron chi connectivity index (χ4n) is 3.62. The van der Waals surface area contributed by atoms with Crippen molar-refractivity contribution >= 4 is 29.1 Å². The summed E-state index contributed by atoms with van der Waals surface area (Å²) < 4.78 is 2.18. The van der Waals surface area contributed by atoms with Crippen molar-refractivity contribution in [1.82, 2.24) is 20.2 Å². The molecule has 1 atom stereocenters. The van der Waals surface area contributed by atoms with Gasteiger partial charge in [0, 0.05) is 37.9 Å². The molecule has 0 radical (unpaired) electrons. The molecule has 0 fully saturated rings. The Morgan fingerprint density at radius 1 is 1.06 bits per heavy atom. The van der Waals surface area contributed by atoms with Crippen molar-refractivity contribution in [2.75, 3.05) is 6.54 Å². The summed E-state index contributed by atoms with van der Waals surface area (Å²) in [6, 6.07) is 15.6. The molecule has 32 heavy (non-hydrogen) atoms. The van der Waals surface area contributed by atoms with Crippen molar-refractivity contribution in [2.45, 2.75) is 45.8 Å². The maximum atomic E-state index is 12.8. The Kier molecular flexibility index (Phi) is 9.15. The Bertz CT molecular complexity index is 1000. The summed E-state index contributed by atoms with van der Waals surface area (Å²) in [5, 5.41) is 7.35. The molecule has 170 valence electrons. The third-order valence-corrected chi connectivity index (χ3v) is 6.32. The Morgan fingerprint density at radius 2 is 1.84 bits per heavy atom. The molecular weight excluding hydrogens is 443 g/mol. The van der Waals surface area contributed by atoms with Crippen molar-refractivity contribution < 1.29 is 4.79 Å². The van der Waals surface area contributed by atoms with Crippen LogP contribution in [0.4, 0.5) is 0 Å². The highest BCUT2D eigenvalue weighted by Crippen LogP contribution is 2.25. The summed E-state index contributed by atoms with van der Waals surface area (Å²) >= 11 is 12.3. The first-order chi connectivity index (χ1) is 15.5. The van der Waals surface area contributed by atoms with Crippen LogP contribution in [0.2, 0.25) is 10.0 Å². The van der Waals surface area contributed by atoms with Gasteiger partial charge in [0.2, 0.25) is 5.91 Å². The summed E-state index contributed by atoms with van der Waals surface area (Å²) in [6.07, 6.45) is 5.53. The molecule has 1 amide bonds. The van der Waals surface area contributed by atoms with Gasteiger partial charge in [-0.05, 0) is 29.5 Å². The second kappa shape index (κ2) is 12.0. The molecule has 1 heterocycles. The fourth-order valence-corrected chi connectivity index (χ4v) is 4.00. The van der Waals surface area contributed by atoms with E-state index < -0.39 is 0 Å². The van der Waals surface area contributed by atoms with Crippen molar-refractivity contribution in [3.63, 3.8) is 0 Å². The fraction of sp³-hybridized carbons (Fsp3) is 0.360. The Hall–Kier alpha value is -2.34. The standard InChI is InChI=1S/C25H30Cl2N4O/c1-18(2)24(25(32)30-15-20-9-6-10-22(26)23(20)27)29-13-11-21-16-28-17-31(21)14-12-19-7-4-3-5-8-19/h3-10,16-18,24,29H,11-15H2,1-2H3,(H,30,32)/t24-/m0/s1. The predicted octanol–water partition coefficient (Wildman–Crippen LogP) is 4.91. The Morgan fingerprint density at radius 3 is 2.59 bits per heavy atom. The molecule has 3 aromatic rings. The Balaban J connectivity index is 1.50. The average molecular weight is 473 g/mol. The minimum absolute atomic E-state index is 0.0476. The van der Waals surface area contributed by atoms with Crippen molar-refractivity contribution in [1.29, 1.82) is 0 Å². The number of imidazole rings is 1. The van der Waals surface area contributed by atoms with Gasteiger partial charge in [-0.1, -0.05) is 79.5 Å². The molecule has 1 aromatic heterocycles. The molecular formula is C25H30Cl2N4O. The van der Waals surface area contributed by atoms with Crippen molar-refractivity contribution in [2.24, 2.45) is 5.92 Å². The monoisotopic (exact) mass is 472 g/mol. The molecule has 7 heteroatoms. The minimum atomic E-state index is -0.298. The molecule has 5 nitrogen and oxygen atoms in total. The number of carbonyl (C=O) groups is 1. The van der Waals surface area contributed by atoms with Crippen LogP contribution in [-0.4, -0.2) is 28.0 Å². The number of amides is 1. The van der Waals surface area contributed by atoms with Crippen LogP contribution in [0.1, 0.15) is 30.7 Å². The lowest BCUT2D eigenvalue weighted by Crippen LogP contribution is -2.47. The lowest BCUT2D eigenvalue weighted by atomic mass is 10.0. The van der Waals surface area contributed by atoms with Gasteiger partial charge in [-0.15, -0.1) is 0 Å². The molecule has 0 aliphatic heterocycles. The molecule has 0 spiro atoms. The number of halogens is 2. The van der Waals surface area contributed by atoms with E-state index >= 15 is 0 Å². The number of nitrogens with zero attached hydrogens (tertiary/aromatic N) is 2. The normalized spacial score (nSPS) is 12.2. The number of carbonyl (C=O) groups excluding carboxylic acids is 1. The van der Waals surface area contributed by atoms with Gasteiger partial charge in [-0.2, -0.15) is 0 Å². The molecule has 0 bridgehead atoms. The van der Waals surface area contributed by atoms with E-state index in [1.807, 2.05) is 44.6 Å². The number of rotatable bonds is 11. The van der Waals surface area contributed by atoms with Gasteiger partial charge in [0.25, 0.3) is 0 Å². The van der Waals surface area contributed by atoms with Gasteiger partial charge < -0.3 is 15.2 Å². The van der Waals surface area contributed by atoms with Crippen LogP contribution in [0, 0.1) is 5.92 Å². The van der Waals surface area contributed by atoms with E-state index in [9.17, 15) is 4.79 Å². The first kappa shape index (κ1) is 24.3. The van der Waals surface area contributed by atoms with E-state index in [0.29, 0.717) is 23.1 Å². The van der Waals surface area contributed by atoms with E-state index in [1.165, 1.54) is 5.56 Å². The van der Waals surface area contributed by atoms with E-state index in [1.54, 1.807) is 6.07 Å². The summed E-state index contributed by atoms with van der Waals surface area (Å²) in [7, 11) is 0. The van der Waals surface area contributed by atoms with Crippen LogP contribution in [0.15, 0.2) is 61.1 Å². The highest BCUT2D eigenvalue weighted by Gasteiger charge is 2.21. The number of aryl methyl sites for hydroxylation is 2. The van der Waals surface area contributed by atoms with Gasteiger partial charge in [0.1, 0.15) is 0 Å². The zero-order valence-electron chi connectivity index (χ0n) is 18.5. The largest absolute Gasteiger partial charge is 0.351 e. The summed E-state index contributed by atoms with van der Waals surface area (Å²) in [4.78, 5) is 17.1. The molecule has 0 unspecified atom stereocenters. The van der Waals surface area contributed by atoms with Crippen LogP contribution in [0.5, 0.6) is 0 Å². The first-order valence-electron chi connectivity index (χ1n) is 10.9. The molecule has 2 N–H and O–H groups in total. The van der Waals surface area contributed by atoms with Crippen LogP contribution in [-0.2, 0) is 30.7 Å². The lowest BCUT2D eigenvalue weighted by Gasteiger charge is -2.22. The van der Waals surface area contributed by atoms with Gasteiger partial charge in [-0.25, -0.2) is 4.98 Å². The van der Waals surface area contributed by atoms with Gasteiger partial charge in [0.05, 0.1) is 22.4 Å². The average Bonchev–Trinajstić information content (AvgIpc) is 3.24. The zero-order chi connectivity index (χ0) is 22.9. The number of aromatic nitrogens is 2.